The van der Waals surface area contributed by atoms with Gasteiger partial charge in [0, 0.05) is 12.6 Å². The van der Waals surface area contributed by atoms with Crippen LogP contribution in [-0.4, -0.2) is 45.3 Å². The third-order valence-corrected chi connectivity index (χ3v) is 4.15. The fraction of sp³-hybridized carbons (Fsp3) is 1.00. The predicted octanol–water partition coefficient (Wildman–Crippen LogP) is 0.411. The summed E-state index contributed by atoms with van der Waals surface area (Å²) in [7, 11) is -3.01. The number of hydrogen-bond acceptors (Lipinski definition) is 4. The van der Waals surface area contributed by atoms with Gasteiger partial charge in [-0.3, -0.25) is 0 Å². The van der Waals surface area contributed by atoms with E-state index in [1.165, 1.54) is 30.6 Å². The van der Waals surface area contributed by atoms with Gasteiger partial charge in [0.25, 0.3) is 0 Å². The van der Waals surface area contributed by atoms with Crippen LogP contribution in [0.1, 0.15) is 19.3 Å². The first-order valence-electron chi connectivity index (χ1n) is 5.34. The second-order valence-electron chi connectivity index (χ2n) is 3.86. The van der Waals surface area contributed by atoms with E-state index in [0.29, 0.717) is 12.6 Å². The third kappa shape index (κ3) is 7.16. The monoisotopic (exact) mass is 252 g/mol. The molecule has 0 atom stereocenters. The van der Waals surface area contributed by atoms with E-state index in [2.05, 4.69) is 10.0 Å². The summed E-state index contributed by atoms with van der Waals surface area (Å²) in [5.41, 5.74) is 0. The first kappa shape index (κ1) is 13.3. The van der Waals surface area contributed by atoms with Gasteiger partial charge in [-0.25, -0.2) is 13.1 Å². The molecule has 1 aliphatic rings. The van der Waals surface area contributed by atoms with Gasteiger partial charge < -0.3 is 5.32 Å². The van der Waals surface area contributed by atoms with Gasteiger partial charge in [0.05, 0.1) is 6.26 Å². The summed E-state index contributed by atoms with van der Waals surface area (Å²) in [4.78, 5) is 0. The highest BCUT2D eigenvalue weighted by Gasteiger charge is 2.11. The van der Waals surface area contributed by atoms with Crippen LogP contribution in [0.25, 0.3) is 0 Å². The number of sulfonamides is 1. The van der Waals surface area contributed by atoms with Gasteiger partial charge in [0.1, 0.15) is 0 Å². The molecular weight excluding hydrogens is 232 g/mol. The summed E-state index contributed by atoms with van der Waals surface area (Å²) in [5, 5.41) is 3.46. The lowest BCUT2D eigenvalue weighted by Gasteiger charge is -2.22. The maximum absolute atomic E-state index is 10.8. The Labute approximate surface area is 96.6 Å². The topological polar surface area (TPSA) is 58.2 Å². The van der Waals surface area contributed by atoms with E-state index in [1.54, 1.807) is 0 Å². The van der Waals surface area contributed by atoms with Crippen LogP contribution in [-0.2, 0) is 10.0 Å². The summed E-state index contributed by atoms with van der Waals surface area (Å²) in [6.07, 6.45) is 4.53. The molecule has 0 aromatic heterocycles. The molecule has 0 aromatic rings. The second kappa shape index (κ2) is 6.73. The quantitative estimate of drug-likeness (QED) is 0.672. The molecule has 0 amide bonds. The highest BCUT2D eigenvalue weighted by Crippen LogP contribution is 2.16. The van der Waals surface area contributed by atoms with Crippen LogP contribution >= 0.6 is 11.8 Å². The predicted molar refractivity (Wildman–Crippen MR) is 65.8 cm³/mol. The Balaban J connectivity index is 1.96. The zero-order valence-corrected chi connectivity index (χ0v) is 10.8. The normalized spacial score (nSPS) is 19.3. The average molecular weight is 252 g/mol. The molecule has 0 spiro atoms. The summed E-state index contributed by atoms with van der Waals surface area (Å²) in [6.45, 7) is 1.44. The molecule has 1 aliphatic heterocycles. The zero-order valence-electron chi connectivity index (χ0n) is 9.16. The lowest BCUT2D eigenvalue weighted by molar-refractivity contribution is 0.476. The van der Waals surface area contributed by atoms with E-state index < -0.39 is 10.0 Å². The molecule has 0 unspecified atom stereocenters. The maximum Gasteiger partial charge on any atom is 0.208 e. The van der Waals surface area contributed by atoms with Gasteiger partial charge in [0.15, 0.2) is 0 Å². The Hall–Kier alpha value is 0.220. The summed E-state index contributed by atoms with van der Waals surface area (Å²) < 4.78 is 24.0. The van der Waals surface area contributed by atoms with Crippen LogP contribution in [0, 0.1) is 0 Å². The molecule has 1 saturated heterocycles. The van der Waals surface area contributed by atoms with Crippen LogP contribution in [0.4, 0.5) is 0 Å². The molecule has 2 N–H and O–H groups in total. The van der Waals surface area contributed by atoms with Crippen molar-refractivity contribution >= 4 is 21.8 Å². The van der Waals surface area contributed by atoms with Crippen LogP contribution < -0.4 is 10.0 Å². The number of rotatable bonds is 6. The van der Waals surface area contributed by atoms with E-state index >= 15 is 0 Å². The Morgan fingerprint density at radius 2 is 1.93 bits per heavy atom. The van der Waals surface area contributed by atoms with Gasteiger partial charge in [-0.2, -0.15) is 11.8 Å². The molecule has 0 aromatic carbocycles. The van der Waals surface area contributed by atoms with Gasteiger partial charge >= 0.3 is 0 Å². The molecule has 90 valence electrons. The van der Waals surface area contributed by atoms with Gasteiger partial charge in [0.2, 0.25) is 10.0 Å². The molecule has 0 bridgehead atoms. The molecule has 4 nitrogen and oxygen atoms in total. The van der Waals surface area contributed by atoms with E-state index in [9.17, 15) is 8.42 Å². The summed E-state index contributed by atoms with van der Waals surface area (Å²) in [6, 6.07) is 0.643. The summed E-state index contributed by atoms with van der Waals surface area (Å²) >= 11 is 2.01. The average Bonchev–Trinajstić information content (AvgIpc) is 2.17. The van der Waals surface area contributed by atoms with E-state index in [0.717, 1.165) is 13.0 Å². The van der Waals surface area contributed by atoms with E-state index in [4.69, 9.17) is 0 Å². The van der Waals surface area contributed by atoms with Gasteiger partial charge in [-0.05, 0) is 37.3 Å². The maximum atomic E-state index is 10.8. The van der Waals surface area contributed by atoms with E-state index in [-0.39, 0.29) is 0 Å². The highest BCUT2D eigenvalue weighted by molar-refractivity contribution is 7.99. The van der Waals surface area contributed by atoms with Crippen molar-refractivity contribution < 1.29 is 8.42 Å². The minimum absolute atomic E-state index is 0.535. The zero-order chi connectivity index (χ0) is 11.1. The molecular formula is C9H20N2O2S2. The van der Waals surface area contributed by atoms with E-state index in [1.807, 2.05) is 11.8 Å². The molecule has 6 heteroatoms. The highest BCUT2D eigenvalue weighted by atomic mass is 32.2. The van der Waals surface area contributed by atoms with Crippen molar-refractivity contribution in [2.45, 2.75) is 25.3 Å². The van der Waals surface area contributed by atoms with Crippen LogP contribution in [0.3, 0.4) is 0 Å². The number of thioether (sulfide) groups is 1. The van der Waals surface area contributed by atoms with Crippen molar-refractivity contribution in [1.29, 1.82) is 0 Å². The standard InChI is InChI=1S/C9H20N2O2S2/c1-15(12,13)11-6-2-5-10-9-3-7-14-8-4-9/h9-11H,2-8H2,1H3. The number of nitrogens with one attached hydrogen (secondary N) is 2. The van der Waals surface area contributed by atoms with Crippen molar-refractivity contribution in [3.63, 3.8) is 0 Å². The van der Waals surface area contributed by atoms with Crippen molar-refractivity contribution in [1.82, 2.24) is 10.0 Å². The molecule has 1 fully saturated rings. The smallest absolute Gasteiger partial charge is 0.208 e. The Bertz CT molecular complexity index is 261. The molecule has 1 rings (SSSR count). The molecule has 0 aliphatic carbocycles. The van der Waals surface area contributed by atoms with Gasteiger partial charge in [-0.15, -0.1) is 0 Å². The van der Waals surface area contributed by atoms with Crippen LogP contribution in [0.5, 0.6) is 0 Å². The van der Waals surface area contributed by atoms with Crippen LogP contribution in [0.15, 0.2) is 0 Å². The molecule has 1 heterocycles. The van der Waals surface area contributed by atoms with Crippen molar-refractivity contribution in [3.8, 4) is 0 Å². The largest absolute Gasteiger partial charge is 0.314 e. The lowest BCUT2D eigenvalue weighted by atomic mass is 10.1. The Kier molecular flexibility index (Phi) is 5.96. The SMILES string of the molecule is CS(=O)(=O)NCCCNC1CCSCC1. The Morgan fingerprint density at radius 3 is 2.53 bits per heavy atom. The molecule has 0 radical (unpaired) electrons. The lowest BCUT2D eigenvalue weighted by Crippen LogP contribution is -2.34. The third-order valence-electron chi connectivity index (χ3n) is 2.37. The van der Waals surface area contributed by atoms with Crippen LogP contribution in [0.2, 0.25) is 0 Å². The number of hydrogen-bond donors (Lipinski definition) is 2. The van der Waals surface area contributed by atoms with Crippen molar-refractivity contribution in [2.24, 2.45) is 0 Å². The first-order chi connectivity index (χ1) is 7.08. The second-order valence-corrected chi connectivity index (χ2v) is 6.92. The molecule has 0 saturated carbocycles. The minimum Gasteiger partial charge on any atom is -0.314 e. The minimum atomic E-state index is -3.01. The van der Waals surface area contributed by atoms with Gasteiger partial charge in [-0.1, -0.05) is 0 Å². The first-order valence-corrected chi connectivity index (χ1v) is 8.38. The van der Waals surface area contributed by atoms with Crippen molar-refractivity contribution in [2.75, 3.05) is 30.9 Å². The van der Waals surface area contributed by atoms with Crippen molar-refractivity contribution in [3.05, 3.63) is 0 Å². The fourth-order valence-electron chi connectivity index (χ4n) is 1.55. The summed E-state index contributed by atoms with van der Waals surface area (Å²) in [5.74, 6) is 2.50. The Morgan fingerprint density at radius 1 is 1.27 bits per heavy atom. The molecule has 15 heavy (non-hydrogen) atoms. The fourth-order valence-corrected chi connectivity index (χ4v) is 3.18.